The van der Waals surface area contributed by atoms with Crippen molar-refractivity contribution in [2.45, 2.75) is 29.5 Å². The Morgan fingerprint density at radius 2 is 1.19 bits per heavy atom. The molecule has 0 saturated carbocycles. The second kappa shape index (κ2) is 11.4. The van der Waals surface area contributed by atoms with Crippen LogP contribution in [-0.2, 0) is 0 Å². The van der Waals surface area contributed by atoms with Crippen LogP contribution in [0.4, 0.5) is 0 Å². The fourth-order valence-electron chi connectivity index (χ4n) is 1.09. The van der Waals surface area contributed by atoms with Crippen molar-refractivity contribution in [1.82, 2.24) is 0 Å². The van der Waals surface area contributed by atoms with E-state index in [9.17, 15) is 0 Å². The molecule has 0 aliphatic carbocycles. The highest BCUT2D eigenvalue weighted by Crippen LogP contribution is 2.20. The highest BCUT2D eigenvalue weighted by molar-refractivity contribution is 8.01. The average molecular weight is 272 g/mol. The molecule has 0 fully saturated rings. The van der Waals surface area contributed by atoms with Crippen molar-refractivity contribution in [3.8, 4) is 0 Å². The first-order chi connectivity index (χ1) is 7.60. The number of rotatable bonds is 10. The lowest BCUT2D eigenvalue weighted by atomic mass is 9.78. The third-order valence-electron chi connectivity index (χ3n) is 2.82. The Balaban J connectivity index is 3.34. The van der Waals surface area contributed by atoms with Crippen molar-refractivity contribution >= 4 is 67.5 Å². The zero-order valence-electron chi connectivity index (χ0n) is 11.2. The maximum atomic E-state index is 4.65. The Kier molecular flexibility index (Phi) is 12.3. The quantitative estimate of drug-likeness (QED) is 0.428. The maximum Gasteiger partial charge on any atom is 0.105 e. The van der Waals surface area contributed by atoms with Crippen LogP contribution in [0.15, 0.2) is 0 Å². The van der Waals surface area contributed by atoms with E-state index in [1.165, 1.54) is 35.7 Å². The van der Waals surface area contributed by atoms with Crippen LogP contribution in [-0.4, -0.2) is 59.6 Å². The van der Waals surface area contributed by atoms with Crippen LogP contribution in [0.2, 0.25) is 24.3 Å². The summed E-state index contributed by atoms with van der Waals surface area (Å²) in [6.45, 7) is 0. The third kappa shape index (κ3) is 10.5. The van der Waals surface area contributed by atoms with E-state index in [4.69, 9.17) is 0 Å². The molecule has 2 unspecified atom stereocenters. The van der Waals surface area contributed by atoms with E-state index in [2.05, 4.69) is 67.5 Å². The number of thiol groups is 1. The van der Waals surface area contributed by atoms with E-state index in [0.717, 1.165) is 11.6 Å². The number of hydrogen-bond acceptors (Lipinski definition) is 3. The molecule has 16 heavy (non-hydrogen) atoms. The standard InChI is InChI=1S/C9H24B4S3/c10-1-7(12)3-15-5-9(14)6-16-4-8(13)2-11/h7-9,14H,1-6,10-13H2. The Morgan fingerprint density at radius 3 is 1.50 bits per heavy atom. The van der Waals surface area contributed by atoms with Crippen LogP contribution in [0.5, 0.6) is 0 Å². The van der Waals surface area contributed by atoms with Crippen molar-refractivity contribution in [1.29, 1.82) is 0 Å². The van der Waals surface area contributed by atoms with Gasteiger partial charge in [0, 0.05) is 16.8 Å². The topological polar surface area (TPSA) is 0 Å². The molecule has 0 amide bonds. The molecule has 0 aliphatic heterocycles. The van der Waals surface area contributed by atoms with Crippen molar-refractivity contribution in [2.24, 2.45) is 0 Å². The Labute approximate surface area is 120 Å². The van der Waals surface area contributed by atoms with Gasteiger partial charge in [0.05, 0.1) is 0 Å². The van der Waals surface area contributed by atoms with Gasteiger partial charge in [-0.05, 0) is 11.5 Å². The molecule has 0 heterocycles. The summed E-state index contributed by atoms with van der Waals surface area (Å²) in [6.07, 6.45) is 2.60. The molecule has 0 bridgehead atoms. The SMILES string of the molecule is BCC(B)CSCC(S)CSCC(B)CB. The second-order valence-electron chi connectivity index (χ2n) is 4.76. The molecule has 90 valence electrons. The van der Waals surface area contributed by atoms with E-state index >= 15 is 0 Å². The molecule has 7 heteroatoms. The molecule has 0 spiro atoms. The van der Waals surface area contributed by atoms with E-state index in [0.29, 0.717) is 5.25 Å². The van der Waals surface area contributed by atoms with Gasteiger partial charge in [0.15, 0.2) is 0 Å². The molecular weight excluding hydrogens is 248 g/mol. The van der Waals surface area contributed by atoms with Gasteiger partial charge in [-0.15, -0.1) is 0 Å². The van der Waals surface area contributed by atoms with Gasteiger partial charge in [-0.2, -0.15) is 36.2 Å². The molecule has 0 aromatic heterocycles. The van der Waals surface area contributed by atoms with Gasteiger partial charge in [0.1, 0.15) is 31.4 Å². The lowest BCUT2D eigenvalue weighted by molar-refractivity contribution is 1.07. The average Bonchev–Trinajstić information content (AvgIpc) is 2.28. The summed E-state index contributed by atoms with van der Waals surface area (Å²) in [4.78, 5) is 0. The summed E-state index contributed by atoms with van der Waals surface area (Å²) in [5.41, 5.74) is 0. The summed E-state index contributed by atoms with van der Waals surface area (Å²) in [5, 5.41) is 0.572. The molecule has 0 N–H and O–H groups in total. The van der Waals surface area contributed by atoms with Crippen LogP contribution in [0, 0.1) is 0 Å². The van der Waals surface area contributed by atoms with Gasteiger partial charge in [0.25, 0.3) is 0 Å². The van der Waals surface area contributed by atoms with Crippen molar-refractivity contribution in [3.63, 3.8) is 0 Å². The fraction of sp³-hybridized carbons (Fsp3) is 1.00. The smallest absolute Gasteiger partial charge is 0.105 e. The molecule has 0 saturated heterocycles. The molecule has 0 aromatic rings. The van der Waals surface area contributed by atoms with E-state index in [1.54, 1.807) is 0 Å². The van der Waals surface area contributed by atoms with Gasteiger partial charge in [-0.3, -0.25) is 0 Å². The molecule has 2 atom stereocenters. The molecule has 0 rings (SSSR count). The first-order valence-corrected chi connectivity index (χ1v) is 9.26. The van der Waals surface area contributed by atoms with Crippen LogP contribution >= 0.6 is 36.2 Å². The van der Waals surface area contributed by atoms with Crippen LogP contribution in [0.25, 0.3) is 0 Å². The predicted octanol–water partition coefficient (Wildman–Crippen LogP) is -0.303. The number of thioether (sulfide) groups is 2. The largest absolute Gasteiger partial charge is 0.174 e. The van der Waals surface area contributed by atoms with Gasteiger partial charge in [0.2, 0.25) is 0 Å². The lowest BCUT2D eigenvalue weighted by Crippen LogP contribution is -2.09. The lowest BCUT2D eigenvalue weighted by Gasteiger charge is -2.13. The zero-order chi connectivity index (χ0) is 12.4. The Morgan fingerprint density at radius 1 is 0.812 bits per heavy atom. The summed E-state index contributed by atoms with van der Waals surface area (Å²) in [7, 11) is 9.20. The first-order valence-electron chi connectivity index (χ1n) is 6.43. The summed E-state index contributed by atoms with van der Waals surface area (Å²) >= 11 is 8.79. The zero-order valence-corrected chi connectivity index (χ0v) is 13.8. The fourth-order valence-corrected chi connectivity index (χ4v) is 4.20. The van der Waals surface area contributed by atoms with Crippen molar-refractivity contribution in [2.75, 3.05) is 23.0 Å². The molecule has 0 aliphatic rings. The second-order valence-corrected chi connectivity index (χ2v) is 7.64. The highest BCUT2D eigenvalue weighted by Gasteiger charge is 2.06. The number of hydrogen-bond donors (Lipinski definition) is 1. The van der Waals surface area contributed by atoms with Gasteiger partial charge < -0.3 is 0 Å². The summed E-state index contributed by atoms with van der Waals surface area (Å²) in [5.74, 6) is 6.73. The van der Waals surface area contributed by atoms with Gasteiger partial charge in [-0.1, -0.05) is 24.3 Å². The van der Waals surface area contributed by atoms with Crippen LogP contribution in [0.3, 0.4) is 0 Å². The molecular formula is C9H24B4S3. The van der Waals surface area contributed by atoms with E-state index < -0.39 is 0 Å². The first kappa shape index (κ1) is 17.3. The van der Waals surface area contributed by atoms with Crippen LogP contribution in [0.1, 0.15) is 0 Å². The monoisotopic (exact) mass is 272 g/mol. The minimum Gasteiger partial charge on any atom is -0.174 e. The van der Waals surface area contributed by atoms with Crippen LogP contribution < -0.4 is 0 Å². The van der Waals surface area contributed by atoms with Crippen molar-refractivity contribution in [3.05, 3.63) is 0 Å². The molecule has 0 nitrogen and oxygen atoms in total. The maximum absolute atomic E-state index is 4.65. The van der Waals surface area contributed by atoms with Gasteiger partial charge in [-0.25, -0.2) is 0 Å². The minimum atomic E-state index is 0.572. The Bertz CT molecular complexity index is 146. The summed E-state index contributed by atoms with van der Waals surface area (Å²) in [6, 6.07) is 0. The highest BCUT2D eigenvalue weighted by atomic mass is 32.2. The minimum absolute atomic E-state index is 0.572. The van der Waals surface area contributed by atoms with E-state index in [1.807, 2.05) is 0 Å². The molecule has 0 radical (unpaired) electrons. The normalized spacial score (nSPS) is 16.8. The Hall–Kier alpha value is 1.31. The predicted molar refractivity (Wildman–Crippen MR) is 98.7 cm³/mol. The van der Waals surface area contributed by atoms with E-state index in [-0.39, 0.29) is 0 Å². The van der Waals surface area contributed by atoms with Crippen molar-refractivity contribution < 1.29 is 0 Å². The van der Waals surface area contributed by atoms with Gasteiger partial charge >= 0.3 is 0 Å². The summed E-state index contributed by atoms with van der Waals surface area (Å²) < 4.78 is 0. The molecule has 0 aromatic carbocycles. The third-order valence-corrected chi connectivity index (χ3v) is 6.56.